The fraction of sp³-hybridized carbons (Fsp3) is 0.667. The van der Waals surface area contributed by atoms with Crippen LogP contribution in [0.2, 0.25) is 0 Å². The maximum Gasteiger partial charge on any atom is 0.272 e. The lowest BCUT2D eigenvalue weighted by Gasteiger charge is -2.20. The van der Waals surface area contributed by atoms with Crippen molar-refractivity contribution in [3.8, 4) is 0 Å². The first-order chi connectivity index (χ1) is 9.25. The molecule has 1 N–H and O–H groups in total. The summed E-state index contributed by atoms with van der Waals surface area (Å²) in [7, 11) is 0. The average Bonchev–Trinajstić information content (AvgIpc) is 2.62. The number of nitrogens with zero attached hydrogens (tertiary/aromatic N) is 3. The molecule has 0 saturated carbocycles. The Morgan fingerprint density at radius 2 is 2.00 bits per heavy atom. The summed E-state index contributed by atoms with van der Waals surface area (Å²) in [5, 5.41) is 7.52. The van der Waals surface area contributed by atoms with Crippen LogP contribution in [-0.4, -0.2) is 27.9 Å². The molecule has 20 heavy (non-hydrogen) atoms. The number of aryl methyl sites for hydroxylation is 1. The Morgan fingerprint density at radius 3 is 2.50 bits per heavy atom. The van der Waals surface area contributed by atoms with Crippen LogP contribution in [0.5, 0.6) is 0 Å². The van der Waals surface area contributed by atoms with Gasteiger partial charge in [-0.1, -0.05) is 34.6 Å². The van der Waals surface area contributed by atoms with E-state index >= 15 is 0 Å². The molecule has 1 aromatic heterocycles. The van der Waals surface area contributed by atoms with Gasteiger partial charge in [-0.05, 0) is 12.8 Å². The summed E-state index contributed by atoms with van der Waals surface area (Å²) in [6, 6.07) is 0. The molecular weight excluding hydrogens is 252 g/mol. The van der Waals surface area contributed by atoms with Crippen LogP contribution in [0.4, 0.5) is 5.69 Å². The highest BCUT2D eigenvalue weighted by molar-refractivity contribution is 6.05. The Kier molecular flexibility index (Phi) is 3.71. The Balaban J connectivity index is 2.68. The third-order valence-corrected chi connectivity index (χ3v) is 3.54. The average molecular weight is 276 g/mol. The first-order valence-corrected chi connectivity index (χ1v) is 7.22. The van der Waals surface area contributed by atoms with Crippen LogP contribution in [0.3, 0.4) is 0 Å². The number of rotatable bonds is 2. The van der Waals surface area contributed by atoms with Crippen LogP contribution in [0.15, 0.2) is 4.99 Å². The van der Waals surface area contributed by atoms with Gasteiger partial charge in [-0.15, -0.1) is 0 Å². The predicted octanol–water partition coefficient (Wildman–Crippen LogP) is 2.89. The van der Waals surface area contributed by atoms with Gasteiger partial charge in [-0.2, -0.15) is 5.10 Å². The number of hydrogen-bond donors (Lipinski definition) is 1. The van der Waals surface area contributed by atoms with Gasteiger partial charge in [0.15, 0.2) is 5.69 Å². The maximum absolute atomic E-state index is 12.3. The SMILES string of the molecule is CCn1nc(C(C)C)c2c1C(=O)NCC(C(C)(C)C)=N2. The first kappa shape index (κ1) is 14.8. The van der Waals surface area contributed by atoms with Gasteiger partial charge < -0.3 is 5.32 Å². The van der Waals surface area contributed by atoms with Gasteiger partial charge in [0, 0.05) is 17.7 Å². The van der Waals surface area contributed by atoms with E-state index in [1.54, 1.807) is 4.68 Å². The molecule has 2 heterocycles. The Hall–Kier alpha value is -1.65. The Morgan fingerprint density at radius 1 is 1.35 bits per heavy atom. The van der Waals surface area contributed by atoms with Crippen molar-refractivity contribution in [3.63, 3.8) is 0 Å². The summed E-state index contributed by atoms with van der Waals surface area (Å²) in [5.74, 6) is 0.164. The number of amides is 1. The summed E-state index contributed by atoms with van der Waals surface area (Å²) in [6.07, 6.45) is 0. The van der Waals surface area contributed by atoms with Crippen molar-refractivity contribution in [2.75, 3.05) is 6.54 Å². The van der Waals surface area contributed by atoms with Crippen molar-refractivity contribution in [2.45, 2.75) is 54.0 Å². The second kappa shape index (κ2) is 5.04. The van der Waals surface area contributed by atoms with E-state index in [1.807, 2.05) is 6.92 Å². The molecule has 5 nitrogen and oxygen atoms in total. The van der Waals surface area contributed by atoms with Crippen molar-refractivity contribution in [1.29, 1.82) is 0 Å². The third-order valence-electron chi connectivity index (χ3n) is 3.54. The lowest BCUT2D eigenvalue weighted by atomic mass is 9.90. The van der Waals surface area contributed by atoms with Crippen LogP contribution in [0, 0.1) is 5.41 Å². The molecule has 0 saturated heterocycles. The molecule has 1 aromatic rings. The van der Waals surface area contributed by atoms with E-state index in [0.717, 1.165) is 17.1 Å². The van der Waals surface area contributed by atoms with Crippen LogP contribution in [0.25, 0.3) is 0 Å². The van der Waals surface area contributed by atoms with Crippen molar-refractivity contribution < 1.29 is 4.79 Å². The number of aromatic nitrogens is 2. The minimum Gasteiger partial charge on any atom is -0.345 e. The molecule has 0 unspecified atom stereocenters. The molecule has 0 radical (unpaired) electrons. The molecule has 5 heteroatoms. The highest BCUT2D eigenvalue weighted by Gasteiger charge is 2.30. The second-order valence-electron chi connectivity index (χ2n) is 6.54. The maximum atomic E-state index is 12.3. The number of hydrogen-bond acceptors (Lipinski definition) is 3. The van der Waals surface area contributed by atoms with E-state index in [0.29, 0.717) is 18.8 Å². The summed E-state index contributed by atoms with van der Waals surface area (Å²) >= 11 is 0. The van der Waals surface area contributed by atoms with E-state index in [9.17, 15) is 4.79 Å². The zero-order chi connectivity index (χ0) is 15.1. The van der Waals surface area contributed by atoms with E-state index in [-0.39, 0.29) is 17.2 Å². The molecule has 110 valence electrons. The topological polar surface area (TPSA) is 59.3 Å². The van der Waals surface area contributed by atoms with Crippen molar-refractivity contribution >= 4 is 17.3 Å². The molecule has 1 aliphatic heterocycles. The summed E-state index contributed by atoms with van der Waals surface area (Å²) in [5.41, 5.74) is 3.16. The molecule has 0 atom stereocenters. The van der Waals surface area contributed by atoms with Gasteiger partial charge in [0.1, 0.15) is 5.69 Å². The molecule has 0 spiro atoms. The zero-order valence-corrected chi connectivity index (χ0v) is 13.2. The number of aliphatic imine (C=N–C) groups is 1. The molecule has 2 rings (SSSR count). The number of nitrogens with one attached hydrogen (secondary N) is 1. The zero-order valence-electron chi connectivity index (χ0n) is 13.2. The van der Waals surface area contributed by atoms with Gasteiger partial charge in [0.2, 0.25) is 0 Å². The highest BCUT2D eigenvalue weighted by atomic mass is 16.2. The fourth-order valence-electron chi connectivity index (χ4n) is 2.28. The standard InChI is InChI=1S/C15H24N4O/c1-7-19-13-12(11(18-19)9(2)3)17-10(15(4,5)6)8-16-14(13)20/h9H,7-8H2,1-6H3,(H,16,20). The molecule has 1 aliphatic rings. The minimum atomic E-state index is -0.0794. The number of carbonyl (C=O) groups excluding carboxylic acids is 1. The lowest BCUT2D eigenvalue weighted by molar-refractivity contribution is 0.0950. The second-order valence-corrected chi connectivity index (χ2v) is 6.54. The van der Waals surface area contributed by atoms with Crippen LogP contribution >= 0.6 is 0 Å². The summed E-state index contributed by atoms with van der Waals surface area (Å²) < 4.78 is 1.76. The van der Waals surface area contributed by atoms with E-state index in [2.05, 4.69) is 45.0 Å². The van der Waals surface area contributed by atoms with E-state index in [1.165, 1.54) is 0 Å². The molecule has 0 aliphatic carbocycles. The van der Waals surface area contributed by atoms with Gasteiger partial charge in [-0.3, -0.25) is 14.5 Å². The summed E-state index contributed by atoms with van der Waals surface area (Å²) in [6.45, 7) is 13.7. The van der Waals surface area contributed by atoms with Crippen LogP contribution in [-0.2, 0) is 6.54 Å². The lowest BCUT2D eigenvalue weighted by Crippen LogP contribution is -2.34. The van der Waals surface area contributed by atoms with Crippen LogP contribution in [0.1, 0.15) is 63.6 Å². The van der Waals surface area contributed by atoms with Crippen molar-refractivity contribution in [2.24, 2.45) is 10.4 Å². The molecule has 1 amide bonds. The van der Waals surface area contributed by atoms with Gasteiger partial charge in [0.25, 0.3) is 5.91 Å². The van der Waals surface area contributed by atoms with Gasteiger partial charge in [-0.25, -0.2) is 0 Å². The predicted molar refractivity (Wildman–Crippen MR) is 80.9 cm³/mol. The van der Waals surface area contributed by atoms with Crippen molar-refractivity contribution in [3.05, 3.63) is 11.4 Å². The minimum absolute atomic E-state index is 0.0720. The molecular formula is C15H24N4O. The quantitative estimate of drug-likeness (QED) is 0.903. The molecule has 0 aromatic carbocycles. The third kappa shape index (κ3) is 2.49. The van der Waals surface area contributed by atoms with Gasteiger partial charge >= 0.3 is 0 Å². The number of fused-ring (bicyclic) bond motifs is 1. The molecule has 0 bridgehead atoms. The molecule has 0 fully saturated rings. The van der Waals surface area contributed by atoms with Crippen molar-refractivity contribution in [1.82, 2.24) is 15.1 Å². The number of carbonyl (C=O) groups is 1. The van der Waals surface area contributed by atoms with E-state index in [4.69, 9.17) is 4.99 Å². The van der Waals surface area contributed by atoms with Gasteiger partial charge in [0.05, 0.1) is 12.2 Å². The normalized spacial score (nSPS) is 15.8. The Bertz CT molecular complexity index is 561. The monoisotopic (exact) mass is 276 g/mol. The van der Waals surface area contributed by atoms with Crippen LogP contribution < -0.4 is 5.32 Å². The summed E-state index contributed by atoms with van der Waals surface area (Å²) in [4.78, 5) is 17.1. The largest absolute Gasteiger partial charge is 0.345 e. The fourth-order valence-corrected chi connectivity index (χ4v) is 2.28. The highest BCUT2D eigenvalue weighted by Crippen LogP contribution is 2.33. The van der Waals surface area contributed by atoms with E-state index < -0.39 is 0 Å². The smallest absolute Gasteiger partial charge is 0.272 e. The first-order valence-electron chi connectivity index (χ1n) is 7.22. The Labute approximate surface area is 120 Å².